The van der Waals surface area contributed by atoms with Crippen molar-refractivity contribution in [2.45, 2.75) is 32.8 Å². The molecule has 0 heterocycles. The van der Waals surface area contributed by atoms with Crippen molar-refractivity contribution in [1.29, 1.82) is 0 Å². The first kappa shape index (κ1) is 9.37. The standard InChI is InChI=1S/C8H14O2/c1-3-4-5-6-8(10)7(2)9/h5-6,8,10H,3-4H2,1-2H3/b6-5+. The summed E-state index contributed by atoms with van der Waals surface area (Å²) >= 11 is 0. The van der Waals surface area contributed by atoms with Gasteiger partial charge in [-0.05, 0) is 13.3 Å². The van der Waals surface area contributed by atoms with Crippen molar-refractivity contribution in [2.75, 3.05) is 0 Å². The number of rotatable bonds is 4. The van der Waals surface area contributed by atoms with Crippen LogP contribution in [0.4, 0.5) is 0 Å². The molecule has 2 heteroatoms. The number of Topliss-reactive ketones (excluding diaryl/α,β-unsaturated/α-hetero) is 1. The van der Waals surface area contributed by atoms with Crippen LogP contribution in [0.25, 0.3) is 0 Å². The molecule has 0 radical (unpaired) electrons. The third-order valence-corrected chi connectivity index (χ3v) is 1.19. The van der Waals surface area contributed by atoms with Gasteiger partial charge in [0.2, 0.25) is 0 Å². The highest BCUT2D eigenvalue weighted by Crippen LogP contribution is 1.92. The smallest absolute Gasteiger partial charge is 0.162 e. The number of aliphatic hydroxyl groups is 1. The maximum absolute atomic E-state index is 10.4. The van der Waals surface area contributed by atoms with E-state index in [-0.39, 0.29) is 5.78 Å². The quantitative estimate of drug-likeness (QED) is 0.600. The lowest BCUT2D eigenvalue weighted by atomic mass is 10.2. The van der Waals surface area contributed by atoms with Crippen LogP contribution in [-0.2, 0) is 4.79 Å². The van der Waals surface area contributed by atoms with Crippen molar-refractivity contribution in [3.63, 3.8) is 0 Å². The van der Waals surface area contributed by atoms with Gasteiger partial charge in [-0.2, -0.15) is 0 Å². The molecule has 0 rings (SSSR count). The van der Waals surface area contributed by atoms with Crippen LogP contribution in [0.2, 0.25) is 0 Å². The minimum absolute atomic E-state index is 0.202. The van der Waals surface area contributed by atoms with Crippen LogP contribution in [-0.4, -0.2) is 17.0 Å². The summed E-state index contributed by atoms with van der Waals surface area (Å²) in [7, 11) is 0. The summed E-state index contributed by atoms with van der Waals surface area (Å²) < 4.78 is 0. The average molecular weight is 142 g/mol. The summed E-state index contributed by atoms with van der Waals surface area (Å²) in [6, 6.07) is 0. The van der Waals surface area contributed by atoms with Gasteiger partial charge in [0.15, 0.2) is 5.78 Å². The molecule has 0 aliphatic carbocycles. The fourth-order valence-electron chi connectivity index (χ4n) is 0.527. The first-order chi connectivity index (χ1) is 4.68. The molecule has 0 aliphatic heterocycles. The molecule has 0 aromatic heterocycles. The van der Waals surface area contributed by atoms with E-state index in [1.807, 2.05) is 13.0 Å². The summed E-state index contributed by atoms with van der Waals surface area (Å²) in [5.74, 6) is -0.202. The Morgan fingerprint density at radius 3 is 2.70 bits per heavy atom. The molecule has 0 aromatic rings. The molecular formula is C8H14O2. The number of carbonyl (C=O) groups is 1. The number of hydrogen-bond acceptors (Lipinski definition) is 2. The second-order valence-electron chi connectivity index (χ2n) is 2.27. The van der Waals surface area contributed by atoms with E-state index < -0.39 is 6.10 Å². The predicted molar refractivity (Wildman–Crippen MR) is 40.7 cm³/mol. The van der Waals surface area contributed by atoms with E-state index in [0.717, 1.165) is 12.8 Å². The van der Waals surface area contributed by atoms with Crippen molar-refractivity contribution in [3.8, 4) is 0 Å². The predicted octanol–water partition coefficient (Wildman–Crippen LogP) is 1.29. The first-order valence-electron chi connectivity index (χ1n) is 3.53. The van der Waals surface area contributed by atoms with Crippen molar-refractivity contribution in [1.82, 2.24) is 0 Å². The van der Waals surface area contributed by atoms with Gasteiger partial charge in [0.1, 0.15) is 6.10 Å². The van der Waals surface area contributed by atoms with E-state index in [9.17, 15) is 4.79 Å². The molecule has 0 aliphatic rings. The van der Waals surface area contributed by atoms with Crippen LogP contribution in [0, 0.1) is 0 Å². The molecule has 1 unspecified atom stereocenters. The molecule has 10 heavy (non-hydrogen) atoms. The van der Waals surface area contributed by atoms with Crippen LogP contribution in [0.1, 0.15) is 26.7 Å². The van der Waals surface area contributed by atoms with Crippen LogP contribution in [0.3, 0.4) is 0 Å². The lowest BCUT2D eigenvalue weighted by Gasteiger charge is -1.96. The highest BCUT2D eigenvalue weighted by molar-refractivity contribution is 5.81. The van der Waals surface area contributed by atoms with Crippen molar-refractivity contribution < 1.29 is 9.90 Å². The summed E-state index contributed by atoms with van der Waals surface area (Å²) in [6.45, 7) is 3.42. The molecule has 0 saturated heterocycles. The lowest BCUT2D eigenvalue weighted by Crippen LogP contribution is -2.12. The second-order valence-corrected chi connectivity index (χ2v) is 2.27. The molecule has 2 nitrogen and oxygen atoms in total. The van der Waals surface area contributed by atoms with Crippen LogP contribution in [0.5, 0.6) is 0 Å². The zero-order valence-electron chi connectivity index (χ0n) is 6.50. The third kappa shape index (κ3) is 4.27. The molecule has 0 bridgehead atoms. The Morgan fingerprint density at radius 1 is 1.70 bits per heavy atom. The van der Waals surface area contributed by atoms with Gasteiger partial charge in [-0.1, -0.05) is 25.5 Å². The van der Waals surface area contributed by atoms with E-state index in [1.165, 1.54) is 13.0 Å². The lowest BCUT2D eigenvalue weighted by molar-refractivity contribution is -0.122. The van der Waals surface area contributed by atoms with Gasteiger partial charge in [-0.3, -0.25) is 4.79 Å². The molecular weight excluding hydrogens is 128 g/mol. The van der Waals surface area contributed by atoms with Gasteiger partial charge in [0.05, 0.1) is 0 Å². The molecule has 1 atom stereocenters. The van der Waals surface area contributed by atoms with Crippen LogP contribution >= 0.6 is 0 Å². The van der Waals surface area contributed by atoms with Crippen LogP contribution in [0.15, 0.2) is 12.2 Å². The third-order valence-electron chi connectivity index (χ3n) is 1.19. The number of allylic oxidation sites excluding steroid dienone is 1. The summed E-state index contributed by atoms with van der Waals surface area (Å²) in [4.78, 5) is 10.4. The van der Waals surface area contributed by atoms with E-state index in [0.29, 0.717) is 0 Å². The van der Waals surface area contributed by atoms with Crippen molar-refractivity contribution in [2.24, 2.45) is 0 Å². The van der Waals surface area contributed by atoms with Gasteiger partial charge in [0.25, 0.3) is 0 Å². The summed E-state index contributed by atoms with van der Waals surface area (Å²) in [6.07, 6.45) is 4.43. The monoisotopic (exact) mass is 142 g/mol. The Bertz CT molecular complexity index is 127. The van der Waals surface area contributed by atoms with E-state index in [1.54, 1.807) is 0 Å². The highest BCUT2D eigenvalue weighted by Gasteiger charge is 2.02. The van der Waals surface area contributed by atoms with E-state index in [2.05, 4.69) is 0 Å². The number of aliphatic hydroxyl groups excluding tert-OH is 1. The summed E-state index contributed by atoms with van der Waals surface area (Å²) in [5.41, 5.74) is 0. The highest BCUT2D eigenvalue weighted by atomic mass is 16.3. The molecule has 0 aromatic carbocycles. The maximum atomic E-state index is 10.4. The van der Waals surface area contributed by atoms with Gasteiger partial charge in [-0.15, -0.1) is 0 Å². The largest absolute Gasteiger partial charge is 0.381 e. The van der Waals surface area contributed by atoms with Gasteiger partial charge < -0.3 is 5.11 Å². The first-order valence-corrected chi connectivity index (χ1v) is 3.53. The Balaban J connectivity index is 3.55. The van der Waals surface area contributed by atoms with Crippen LogP contribution < -0.4 is 0 Å². The zero-order chi connectivity index (χ0) is 7.98. The molecule has 0 amide bonds. The molecule has 0 spiro atoms. The topological polar surface area (TPSA) is 37.3 Å². The Kier molecular flexibility index (Phi) is 4.85. The minimum atomic E-state index is -0.897. The minimum Gasteiger partial charge on any atom is -0.381 e. The zero-order valence-corrected chi connectivity index (χ0v) is 6.50. The van der Waals surface area contributed by atoms with E-state index in [4.69, 9.17) is 5.11 Å². The Morgan fingerprint density at radius 2 is 2.30 bits per heavy atom. The maximum Gasteiger partial charge on any atom is 0.162 e. The number of unbranched alkanes of at least 4 members (excludes halogenated alkanes) is 1. The van der Waals surface area contributed by atoms with Gasteiger partial charge in [0, 0.05) is 0 Å². The number of carbonyl (C=O) groups excluding carboxylic acids is 1. The normalized spacial score (nSPS) is 13.9. The number of ketones is 1. The number of hydrogen-bond donors (Lipinski definition) is 1. The Hall–Kier alpha value is -0.630. The Labute approximate surface area is 61.6 Å². The fraction of sp³-hybridized carbons (Fsp3) is 0.625. The SMILES string of the molecule is CCC/C=C/C(O)C(C)=O. The fourth-order valence-corrected chi connectivity index (χ4v) is 0.527. The molecule has 0 saturated carbocycles. The second kappa shape index (κ2) is 5.18. The van der Waals surface area contributed by atoms with Gasteiger partial charge >= 0.3 is 0 Å². The molecule has 58 valence electrons. The van der Waals surface area contributed by atoms with Crippen molar-refractivity contribution >= 4 is 5.78 Å². The van der Waals surface area contributed by atoms with E-state index >= 15 is 0 Å². The molecule has 0 fully saturated rings. The van der Waals surface area contributed by atoms with Crippen molar-refractivity contribution in [3.05, 3.63) is 12.2 Å². The summed E-state index contributed by atoms with van der Waals surface area (Å²) in [5, 5.41) is 8.92. The van der Waals surface area contributed by atoms with Gasteiger partial charge in [-0.25, -0.2) is 0 Å². The molecule has 1 N–H and O–H groups in total. The average Bonchev–Trinajstić information content (AvgIpc) is 1.88.